The second-order valence-corrected chi connectivity index (χ2v) is 6.49. The third-order valence-electron chi connectivity index (χ3n) is 4.82. The average Bonchev–Trinajstić information content (AvgIpc) is 2.58. The molecule has 7 nitrogen and oxygen atoms in total. The summed E-state index contributed by atoms with van der Waals surface area (Å²) in [5.41, 5.74) is 0.378. The molecule has 0 atom stereocenters. The van der Waals surface area contributed by atoms with E-state index in [0.29, 0.717) is 34.3 Å². The lowest BCUT2D eigenvalue weighted by atomic mass is 9.83. The summed E-state index contributed by atoms with van der Waals surface area (Å²) >= 11 is 0. The fraction of sp³-hybridized carbons (Fsp3) is 0.400. The molecule has 1 N–H and O–H groups in total. The van der Waals surface area contributed by atoms with E-state index in [1.54, 1.807) is 25.1 Å². The van der Waals surface area contributed by atoms with Gasteiger partial charge in [0.05, 0.1) is 21.3 Å². The Bertz CT molecular complexity index is 888. The highest BCUT2D eigenvalue weighted by Crippen LogP contribution is 2.40. The summed E-state index contributed by atoms with van der Waals surface area (Å²) in [6.07, 6.45) is 3.16. The quantitative estimate of drug-likeness (QED) is 0.834. The van der Waals surface area contributed by atoms with Gasteiger partial charge in [-0.1, -0.05) is 6.42 Å². The van der Waals surface area contributed by atoms with Crippen LogP contribution in [-0.2, 0) is 0 Å². The highest BCUT2D eigenvalue weighted by atomic mass is 16.5. The maximum Gasteiger partial charge on any atom is 0.349 e. The Hall–Kier alpha value is -2.96. The number of amides is 1. The summed E-state index contributed by atoms with van der Waals surface area (Å²) in [4.78, 5) is 25.1. The molecule has 1 saturated carbocycles. The first-order valence-corrected chi connectivity index (χ1v) is 8.74. The second kappa shape index (κ2) is 7.73. The van der Waals surface area contributed by atoms with Crippen LogP contribution in [-0.4, -0.2) is 27.2 Å². The van der Waals surface area contributed by atoms with E-state index in [-0.39, 0.29) is 11.5 Å². The van der Waals surface area contributed by atoms with Gasteiger partial charge in [0.2, 0.25) is 5.75 Å². The van der Waals surface area contributed by atoms with E-state index in [9.17, 15) is 9.59 Å². The Morgan fingerprint density at radius 1 is 1.07 bits per heavy atom. The van der Waals surface area contributed by atoms with Gasteiger partial charge in [-0.2, -0.15) is 0 Å². The number of ether oxygens (including phenoxy) is 3. The van der Waals surface area contributed by atoms with Crippen molar-refractivity contribution in [3.8, 4) is 17.2 Å². The Morgan fingerprint density at radius 2 is 1.70 bits per heavy atom. The van der Waals surface area contributed by atoms with Crippen molar-refractivity contribution in [1.29, 1.82) is 0 Å². The fourth-order valence-electron chi connectivity index (χ4n) is 3.15. The lowest BCUT2D eigenvalue weighted by molar-refractivity contribution is 0.102. The van der Waals surface area contributed by atoms with E-state index in [1.165, 1.54) is 21.3 Å². The van der Waals surface area contributed by atoms with Crippen molar-refractivity contribution in [2.24, 2.45) is 0 Å². The first-order chi connectivity index (χ1) is 13.0. The summed E-state index contributed by atoms with van der Waals surface area (Å²) in [6, 6.07) is 4.98. The number of anilines is 1. The molecule has 1 aliphatic carbocycles. The first kappa shape index (κ1) is 18.8. The molecule has 1 fully saturated rings. The molecule has 1 heterocycles. The lowest BCUT2D eigenvalue weighted by Gasteiger charge is -2.24. The molecule has 0 saturated heterocycles. The van der Waals surface area contributed by atoms with Gasteiger partial charge in [0.1, 0.15) is 11.3 Å². The molecule has 1 aromatic carbocycles. The summed E-state index contributed by atoms with van der Waals surface area (Å²) in [5, 5.41) is 2.70. The number of methoxy groups -OCH3 is 3. The Labute approximate surface area is 157 Å². The van der Waals surface area contributed by atoms with Crippen LogP contribution in [0.2, 0.25) is 0 Å². The SMILES string of the molecule is COc1cc(NC(=O)c2c(C)cc(C3CCC3)oc2=O)cc(OC)c1OC. The molecule has 7 heteroatoms. The van der Waals surface area contributed by atoms with Crippen LogP contribution in [0.1, 0.15) is 46.9 Å². The number of benzene rings is 1. The van der Waals surface area contributed by atoms with Crippen LogP contribution in [0.15, 0.2) is 27.4 Å². The van der Waals surface area contributed by atoms with Crippen molar-refractivity contribution >= 4 is 11.6 Å². The molecular weight excluding hydrogens is 350 g/mol. The third-order valence-corrected chi connectivity index (χ3v) is 4.82. The summed E-state index contributed by atoms with van der Waals surface area (Å²) in [5.74, 6) is 1.61. The lowest BCUT2D eigenvalue weighted by Crippen LogP contribution is -2.24. The van der Waals surface area contributed by atoms with Gasteiger partial charge in [-0.05, 0) is 31.4 Å². The molecule has 0 bridgehead atoms. The highest BCUT2D eigenvalue weighted by Gasteiger charge is 2.25. The van der Waals surface area contributed by atoms with Gasteiger partial charge >= 0.3 is 5.63 Å². The minimum absolute atomic E-state index is 0.00757. The Balaban J connectivity index is 1.90. The number of nitrogens with one attached hydrogen (secondary N) is 1. The molecular formula is C20H23NO6. The molecule has 2 aromatic rings. The number of aryl methyl sites for hydroxylation is 1. The molecule has 3 rings (SSSR count). The zero-order chi connectivity index (χ0) is 19.6. The minimum atomic E-state index is -0.623. The van der Waals surface area contributed by atoms with Crippen LogP contribution in [0.5, 0.6) is 17.2 Å². The van der Waals surface area contributed by atoms with Crippen LogP contribution in [0.25, 0.3) is 0 Å². The molecule has 1 amide bonds. The van der Waals surface area contributed by atoms with Crippen molar-refractivity contribution in [2.75, 3.05) is 26.6 Å². The molecule has 0 aliphatic heterocycles. The van der Waals surface area contributed by atoms with Crippen molar-refractivity contribution in [3.63, 3.8) is 0 Å². The Kier molecular flexibility index (Phi) is 5.39. The highest BCUT2D eigenvalue weighted by molar-refractivity contribution is 6.05. The molecule has 1 aromatic heterocycles. The van der Waals surface area contributed by atoms with E-state index >= 15 is 0 Å². The van der Waals surface area contributed by atoms with Gasteiger partial charge in [0.15, 0.2) is 11.5 Å². The maximum absolute atomic E-state index is 12.7. The molecule has 0 unspecified atom stereocenters. The third kappa shape index (κ3) is 3.63. The van der Waals surface area contributed by atoms with Gasteiger partial charge in [-0.25, -0.2) is 4.79 Å². The number of carbonyl (C=O) groups excluding carboxylic acids is 1. The molecule has 144 valence electrons. The zero-order valence-electron chi connectivity index (χ0n) is 15.9. The zero-order valence-corrected chi connectivity index (χ0v) is 15.9. The normalized spacial score (nSPS) is 13.6. The van der Waals surface area contributed by atoms with Gasteiger partial charge in [-0.3, -0.25) is 4.79 Å². The van der Waals surface area contributed by atoms with Crippen molar-refractivity contribution in [3.05, 3.63) is 45.5 Å². The predicted octanol–water partition coefficient (Wildman–Crippen LogP) is 3.49. The van der Waals surface area contributed by atoms with Crippen molar-refractivity contribution < 1.29 is 23.4 Å². The van der Waals surface area contributed by atoms with Crippen LogP contribution in [0.4, 0.5) is 5.69 Å². The van der Waals surface area contributed by atoms with Crippen molar-refractivity contribution in [2.45, 2.75) is 32.1 Å². The van der Waals surface area contributed by atoms with Gasteiger partial charge in [0, 0.05) is 23.7 Å². The average molecular weight is 373 g/mol. The van der Waals surface area contributed by atoms with Gasteiger partial charge in [-0.15, -0.1) is 0 Å². The van der Waals surface area contributed by atoms with Crippen LogP contribution >= 0.6 is 0 Å². The fourth-order valence-corrected chi connectivity index (χ4v) is 3.15. The van der Waals surface area contributed by atoms with Gasteiger partial charge in [0.25, 0.3) is 5.91 Å². The van der Waals surface area contributed by atoms with E-state index in [0.717, 1.165) is 19.3 Å². The first-order valence-electron chi connectivity index (χ1n) is 8.74. The molecule has 1 aliphatic rings. The van der Waals surface area contributed by atoms with E-state index in [4.69, 9.17) is 18.6 Å². The summed E-state index contributed by atoms with van der Waals surface area (Å²) < 4.78 is 21.2. The molecule has 27 heavy (non-hydrogen) atoms. The number of hydrogen-bond donors (Lipinski definition) is 1. The smallest absolute Gasteiger partial charge is 0.349 e. The summed E-state index contributed by atoms with van der Waals surface area (Å²) in [7, 11) is 4.47. The predicted molar refractivity (Wildman–Crippen MR) is 100 cm³/mol. The monoisotopic (exact) mass is 373 g/mol. The maximum atomic E-state index is 12.7. The van der Waals surface area contributed by atoms with E-state index in [1.807, 2.05) is 0 Å². The van der Waals surface area contributed by atoms with E-state index in [2.05, 4.69) is 5.32 Å². The minimum Gasteiger partial charge on any atom is -0.493 e. The van der Waals surface area contributed by atoms with Crippen LogP contribution < -0.4 is 25.2 Å². The molecule has 0 radical (unpaired) electrons. The molecule has 0 spiro atoms. The number of hydrogen-bond acceptors (Lipinski definition) is 6. The Morgan fingerprint density at radius 3 is 2.15 bits per heavy atom. The second-order valence-electron chi connectivity index (χ2n) is 6.49. The van der Waals surface area contributed by atoms with Crippen molar-refractivity contribution in [1.82, 2.24) is 0 Å². The largest absolute Gasteiger partial charge is 0.493 e. The van der Waals surface area contributed by atoms with Crippen LogP contribution in [0, 0.1) is 6.92 Å². The standard InChI is InChI=1S/C20H23NO6/c1-11-8-14(12-6-5-7-12)27-20(23)17(11)19(22)21-13-9-15(24-2)18(26-4)16(10-13)25-3/h8-10,12H,5-7H2,1-4H3,(H,21,22). The number of rotatable bonds is 6. The van der Waals surface area contributed by atoms with Gasteiger partial charge < -0.3 is 23.9 Å². The number of carbonyl (C=O) groups is 1. The van der Waals surface area contributed by atoms with E-state index < -0.39 is 11.5 Å². The topological polar surface area (TPSA) is 87.0 Å². The summed E-state index contributed by atoms with van der Waals surface area (Å²) in [6.45, 7) is 1.74. The van der Waals surface area contributed by atoms with Crippen LogP contribution in [0.3, 0.4) is 0 Å².